The molecule has 5 heteroatoms. The number of aryl methyl sites for hydroxylation is 2. The predicted octanol–water partition coefficient (Wildman–Crippen LogP) is 7.39. The third-order valence-corrected chi connectivity index (χ3v) is 8.91. The van der Waals surface area contributed by atoms with Crippen molar-refractivity contribution in [2.45, 2.75) is 101 Å². The van der Waals surface area contributed by atoms with Crippen molar-refractivity contribution in [2.24, 2.45) is 0 Å². The van der Waals surface area contributed by atoms with Gasteiger partial charge in [-0.25, -0.2) is 4.39 Å². The second-order valence-electron chi connectivity index (χ2n) is 11.3. The molecule has 0 radical (unpaired) electrons. The van der Waals surface area contributed by atoms with Gasteiger partial charge in [-0.3, -0.25) is 9.48 Å². The van der Waals surface area contributed by atoms with E-state index >= 15 is 0 Å². The highest BCUT2D eigenvalue weighted by atomic mass is 19.1. The van der Waals surface area contributed by atoms with E-state index in [4.69, 9.17) is 5.10 Å². The number of amides is 1. The zero-order valence-corrected chi connectivity index (χ0v) is 21.7. The highest BCUT2D eigenvalue weighted by molar-refractivity contribution is 5.94. The molecule has 0 saturated heterocycles. The van der Waals surface area contributed by atoms with Crippen LogP contribution in [0, 0.1) is 5.82 Å². The summed E-state index contributed by atoms with van der Waals surface area (Å²) in [4.78, 5) is 13.8. The predicted molar refractivity (Wildman–Crippen MR) is 144 cm³/mol. The summed E-state index contributed by atoms with van der Waals surface area (Å²) in [6, 6.07) is 15.9. The fourth-order valence-corrected chi connectivity index (χ4v) is 7.03. The van der Waals surface area contributed by atoms with Crippen molar-refractivity contribution in [1.29, 1.82) is 0 Å². The molecule has 194 valence electrons. The fraction of sp³-hybridized carbons (Fsp3) is 0.500. The zero-order chi connectivity index (χ0) is 25.2. The van der Waals surface area contributed by atoms with Gasteiger partial charge < -0.3 is 5.32 Å². The lowest BCUT2D eigenvalue weighted by Crippen LogP contribution is -2.28. The molecule has 4 nitrogen and oxygen atoms in total. The monoisotopic (exact) mass is 499 g/mol. The maximum Gasteiger partial charge on any atom is 0.272 e. The molecule has 0 unspecified atom stereocenters. The molecule has 1 amide bonds. The number of benzene rings is 2. The zero-order valence-electron chi connectivity index (χ0n) is 21.7. The third kappa shape index (κ3) is 5.10. The molecule has 1 N–H and O–H groups in total. The van der Waals surface area contributed by atoms with Crippen LogP contribution < -0.4 is 5.32 Å². The maximum atomic E-state index is 13.8. The number of carbonyl (C=O) groups is 1. The van der Waals surface area contributed by atoms with E-state index in [1.54, 1.807) is 12.1 Å². The lowest BCUT2D eigenvalue weighted by molar-refractivity contribution is 0.0929. The topological polar surface area (TPSA) is 46.9 Å². The molecule has 3 aliphatic carbocycles. The molecule has 1 fully saturated rings. The standard InChI is InChI=1S/C32H38FN3O/c33-25-12-8-9-22(21-25)17-18-24-11-5-7-16-28-30(35-36(31(24)28)26-13-2-1-3-14-26)32(37)34-29-20-19-23-10-4-6-15-27(23)29/h4,6,8-10,12,15,21,24,26,29H,1-3,5,7,11,13-14,16-20H2,(H,34,37)/t24-,29+/m1/s1. The van der Waals surface area contributed by atoms with Gasteiger partial charge in [0.1, 0.15) is 5.82 Å². The van der Waals surface area contributed by atoms with Crippen LogP contribution >= 0.6 is 0 Å². The van der Waals surface area contributed by atoms with E-state index in [9.17, 15) is 9.18 Å². The average Bonchev–Trinajstić information content (AvgIpc) is 3.44. The quantitative estimate of drug-likeness (QED) is 0.360. The van der Waals surface area contributed by atoms with Gasteiger partial charge in [-0.2, -0.15) is 5.10 Å². The molecular formula is C32H38FN3O. The van der Waals surface area contributed by atoms with Crippen molar-refractivity contribution in [2.75, 3.05) is 0 Å². The molecule has 1 aromatic heterocycles. The minimum atomic E-state index is -0.168. The first-order chi connectivity index (χ1) is 18.2. The van der Waals surface area contributed by atoms with Crippen molar-refractivity contribution in [1.82, 2.24) is 15.1 Å². The Morgan fingerprint density at radius 3 is 2.65 bits per heavy atom. The SMILES string of the molecule is O=C(N[C@H]1CCc2ccccc21)c1nn(C2CCCCC2)c2c1CCCC[C@@H]2CCc1cccc(F)c1. The first-order valence-electron chi connectivity index (χ1n) is 14.4. The summed E-state index contributed by atoms with van der Waals surface area (Å²) in [6.07, 6.45) is 14.1. The molecule has 37 heavy (non-hydrogen) atoms. The molecule has 3 aliphatic rings. The number of halogens is 1. The second-order valence-corrected chi connectivity index (χ2v) is 11.3. The van der Waals surface area contributed by atoms with Crippen molar-refractivity contribution >= 4 is 5.91 Å². The smallest absolute Gasteiger partial charge is 0.272 e. The molecule has 1 heterocycles. The van der Waals surface area contributed by atoms with Crippen molar-refractivity contribution in [3.8, 4) is 0 Å². The Balaban J connectivity index is 1.32. The van der Waals surface area contributed by atoms with E-state index in [-0.39, 0.29) is 17.8 Å². The summed E-state index contributed by atoms with van der Waals surface area (Å²) in [7, 11) is 0. The van der Waals surface area contributed by atoms with Crippen LogP contribution in [0.15, 0.2) is 48.5 Å². The van der Waals surface area contributed by atoms with Gasteiger partial charge in [0.05, 0.1) is 12.1 Å². The highest BCUT2D eigenvalue weighted by Gasteiger charge is 2.34. The number of hydrogen-bond donors (Lipinski definition) is 1. The maximum absolute atomic E-state index is 13.8. The van der Waals surface area contributed by atoms with Gasteiger partial charge in [0.25, 0.3) is 5.91 Å². The van der Waals surface area contributed by atoms with E-state index in [2.05, 4.69) is 34.3 Å². The molecule has 0 bridgehead atoms. The largest absolute Gasteiger partial charge is 0.344 e. The lowest BCUT2D eigenvalue weighted by Gasteiger charge is -2.27. The van der Waals surface area contributed by atoms with Gasteiger partial charge in [-0.15, -0.1) is 0 Å². The van der Waals surface area contributed by atoms with Crippen molar-refractivity contribution < 1.29 is 9.18 Å². The van der Waals surface area contributed by atoms with E-state index in [0.717, 1.165) is 69.8 Å². The van der Waals surface area contributed by atoms with Crippen molar-refractivity contribution in [3.63, 3.8) is 0 Å². The average molecular weight is 500 g/mol. The van der Waals surface area contributed by atoms with E-state index in [0.29, 0.717) is 17.7 Å². The summed E-state index contributed by atoms with van der Waals surface area (Å²) in [6.45, 7) is 0. The Hall–Kier alpha value is -2.95. The molecule has 0 aliphatic heterocycles. The number of rotatable bonds is 6. The van der Waals surface area contributed by atoms with Gasteiger partial charge in [0, 0.05) is 17.2 Å². The third-order valence-electron chi connectivity index (χ3n) is 8.91. The summed E-state index contributed by atoms with van der Waals surface area (Å²) in [5.41, 5.74) is 6.78. The van der Waals surface area contributed by atoms with Crippen LogP contribution in [0.25, 0.3) is 0 Å². The van der Waals surface area contributed by atoms with Crippen LogP contribution in [0.5, 0.6) is 0 Å². The number of fused-ring (bicyclic) bond motifs is 2. The Labute approximate surface area is 219 Å². The summed E-state index contributed by atoms with van der Waals surface area (Å²) < 4.78 is 16.1. The van der Waals surface area contributed by atoms with Crippen LogP contribution in [-0.2, 0) is 19.3 Å². The fourth-order valence-electron chi connectivity index (χ4n) is 7.03. The normalized spacial score (nSPS) is 21.8. The number of carbonyl (C=O) groups excluding carboxylic acids is 1. The number of hydrogen-bond acceptors (Lipinski definition) is 2. The molecule has 1 saturated carbocycles. The lowest BCUT2D eigenvalue weighted by atomic mass is 9.89. The van der Waals surface area contributed by atoms with Gasteiger partial charge in [0.2, 0.25) is 0 Å². The second kappa shape index (κ2) is 10.8. The Morgan fingerprint density at radius 2 is 1.78 bits per heavy atom. The Morgan fingerprint density at radius 1 is 0.946 bits per heavy atom. The molecule has 0 spiro atoms. The van der Waals surface area contributed by atoms with Crippen LogP contribution in [-0.4, -0.2) is 15.7 Å². The Bertz CT molecular complexity index is 1260. The minimum Gasteiger partial charge on any atom is -0.344 e. The summed E-state index contributed by atoms with van der Waals surface area (Å²) >= 11 is 0. The van der Waals surface area contributed by atoms with Crippen molar-refractivity contribution in [3.05, 3.63) is 88.0 Å². The van der Waals surface area contributed by atoms with Crippen LogP contribution in [0.3, 0.4) is 0 Å². The van der Waals surface area contributed by atoms with Gasteiger partial charge in [0.15, 0.2) is 5.69 Å². The first-order valence-corrected chi connectivity index (χ1v) is 14.4. The van der Waals surface area contributed by atoms with E-state index < -0.39 is 0 Å². The van der Waals surface area contributed by atoms with Crippen LogP contribution in [0.4, 0.5) is 4.39 Å². The Kier molecular flexibility index (Phi) is 7.12. The molecular weight excluding hydrogens is 461 g/mol. The number of aromatic nitrogens is 2. The molecule has 2 aromatic carbocycles. The number of nitrogens with zero attached hydrogens (tertiary/aromatic N) is 2. The van der Waals surface area contributed by atoms with Gasteiger partial charge in [-0.05, 0) is 86.6 Å². The first kappa shape index (κ1) is 24.4. The van der Waals surface area contributed by atoms with Gasteiger partial charge >= 0.3 is 0 Å². The van der Waals surface area contributed by atoms with Crippen LogP contribution in [0.2, 0.25) is 0 Å². The van der Waals surface area contributed by atoms with E-state index in [1.165, 1.54) is 47.7 Å². The van der Waals surface area contributed by atoms with Crippen LogP contribution in [0.1, 0.15) is 121 Å². The molecule has 3 aromatic rings. The summed E-state index contributed by atoms with van der Waals surface area (Å²) in [5, 5.41) is 8.48. The van der Waals surface area contributed by atoms with E-state index in [1.807, 2.05) is 6.07 Å². The minimum absolute atomic E-state index is 0.0155. The number of nitrogens with one attached hydrogen (secondary N) is 1. The summed E-state index contributed by atoms with van der Waals surface area (Å²) in [5.74, 6) is 0.168. The highest BCUT2D eigenvalue weighted by Crippen LogP contribution is 2.40. The van der Waals surface area contributed by atoms with Gasteiger partial charge in [-0.1, -0.05) is 62.1 Å². The molecule has 2 atom stereocenters. The molecule has 6 rings (SSSR count).